The molecule has 0 N–H and O–H groups in total. The van der Waals surface area contributed by atoms with E-state index in [0.29, 0.717) is 13.0 Å². The monoisotopic (exact) mass is 334 g/mol. The number of carbonyl (C=O) groups is 2. The Hall–Kier alpha value is -2.62. The second-order valence-electron chi connectivity index (χ2n) is 6.80. The van der Waals surface area contributed by atoms with Gasteiger partial charge in [-0.3, -0.25) is 9.59 Å². The molecule has 0 bridgehead atoms. The van der Waals surface area contributed by atoms with Crippen molar-refractivity contribution >= 4 is 23.2 Å². The third kappa shape index (κ3) is 2.72. The number of hydrogen-bond acceptors (Lipinski definition) is 2. The summed E-state index contributed by atoms with van der Waals surface area (Å²) < 4.78 is 0. The second kappa shape index (κ2) is 6.36. The highest BCUT2D eigenvalue weighted by molar-refractivity contribution is 6.11. The fourth-order valence-electron chi connectivity index (χ4n) is 3.94. The van der Waals surface area contributed by atoms with E-state index in [4.69, 9.17) is 0 Å². The summed E-state index contributed by atoms with van der Waals surface area (Å²) >= 11 is 0. The van der Waals surface area contributed by atoms with Gasteiger partial charge >= 0.3 is 0 Å². The summed E-state index contributed by atoms with van der Waals surface area (Å²) in [6.07, 6.45) is 4.68. The zero-order valence-electron chi connectivity index (χ0n) is 14.5. The number of para-hydroxylation sites is 2. The predicted octanol–water partition coefficient (Wildman–Crippen LogP) is 3.58. The van der Waals surface area contributed by atoms with Crippen LogP contribution in [0.5, 0.6) is 0 Å². The standard InChI is InChI=1S/C21H22N2O2/c1-22-18-11-4-5-12-19(18)23(14-13-20(22)24)21(25)17-10-6-8-15-7-2-3-9-16(15)17/h4-6,8,10-12H,2-3,7,9,13-14H2,1H3. The summed E-state index contributed by atoms with van der Waals surface area (Å²) in [5.41, 5.74) is 4.90. The zero-order valence-corrected chi connectivity index (χ0v) is 14.5. The first-order valence-corrected chi connectivity index (χ1v) is 8.95. The van der Waals surface area contributed by atoms with Crippen LogP contribution < -0.4 is 9.80 Å². The van der Waals surface area contributed by atoms with E-state index in [1.54, 1.807) is 16.8 Å². The second-order valence-corrected chi connectivity index (χ2v) is 6.80. The molecule has 0 saturated heterocycles. The summed E-state index contributed by atoms with van der Waals surface area (Å²) in [5, 5.41) is 0. The van der Waals surface area contributed by atoms with Gasteiger partial charge in [-0.2, -0.15) is 0 Å². The molecule has 2 aromatic rings. The highest BCUT2D eigenvalue weighted by Crippen LogP contribution is 2.34. The Balaban J connectivity index is 1.78. The molecule has 0 radical (unpaired) electrons. The third-order valence-electron chi connectivity index (χ3n) is 5.33. The van der Waals surface area contributed by atoms with Crippen molar-refractivity contribution in [3.05, 3.63) is 59.2 Å². The predicted molar refractivity (Wildman–Crippen MR) is 99.2 cm³/mol. The van der Waals surface area contributed by atoms with Gasteiger partial charge in [0.25, 0.3) is 5.91 Å². The van der Waals surface area contributed by atoms with Crippen LogP contribution in [0.25, 0.3) is 0 Å². The number of carbonyl (C=O) groups excluding carboxylic acids is 2. The molecule has 2 aromatic carbocycles. The van der Waals surface area contributed by atoms with Crippen LogP contribution >= 0.6 is 0 Å². The van der Waals surface area contributed by atoms with Gasteiger partial charge in [0.2, 0.25) is 5.91 Å². The van der Waals surface area contributed by atoms with Crippen molar-refractivity contribution in [2.24, 2.45) is 0 Å². The Labute approximate surface area is 148 Å². The summed E-state index contributed by atoms with van der Waals surface area (Å²) in [6.45, 7) is 0.419. The number of fused-ring (bicyclic) bond motifs is 2. The van der Waals surface area contributed by atoms with Crippen LogP contribution in [-0.4, -0.2) is 25.4 Å². The van der Waals surface area contributed by atoms with Gasteiger partial charge in [0, 0.05) is 25.6 Å². The molecular weight excluding hydrogens is 312 g/mol. The lowest BCUT2D eigenvalue weighted by Gasteiger charge is -2.26. The zero-order chi connectivity index (χ0) is 17.4. The van der Waals surface area contributed by atoms with Crippen molar-refractivity contribution < 1.29 is 9.59 Å². The van der Waals surface area contributed by atoms with Crippen molar-refractivity contribution in [1.29, 1.82) is 0 Å². The van der Waals surface area contributed by atoms with E-state index in [-0.39, 0.29) is 11.8 Å². The van der Waals surface area contributed by atoms with Crippen molar-refractivity contribution in [3.63, 3.8) is 0 Å². The van der Waals surface area contributed by atoms with Gasteiger partial charge in [-0.1, -0.05) is 24.3 Å². The van der Waals surface area contributed by atoms with Gasteiger partial charge in [-0.15, -0.1) is 0 Å². The highest BCUT2D eigenvalue weighted by atomic mass is 16.2. The third-order valence-corrected chi connectivity index (χ3v) is 5.33. The fraction of sp³-hybridized carbons (Fsp3) is 0.333. The molecule has 4 rings (SSSR count). The number of amides is 2. The van der Waals surface area contributed by atoms with Gasteiger partial charge in [-0.25, -0.2) is 0 Å². The van der Waals surface area contributed by atoms with Crippen LogP contribution in [0.1, 0.15) is 40.7 Å². The van der Waals surface area contributed by atoms with Gasteiger partial charge in [0.05, 0.1) is 11.4 Å². The highest BCUT2D eigenvalue weighted by Gasteiger charge is 2.29. The lowest BCUT2D eigenvalue weighted by atomic mass is 9.88. The first-order valence-electron chi connectivity index (χ1n) is 8.95. The number of hydrogen-bond donors (Lipinski definition) is 0. The van der Waals surface area contributed by atoms with E-state index in [0.717, 1.165) is 36.2 Å². The molecule has 1 heterocycles. The Bertz CT molecular complexity index is 844. The molecular formula is C21H22N2O2. The average molecular weight is 334 g/mol. The van der Waals surface area contributed by atoms with E-state index in [2.05, 4.69) is 6.07 Å². The maximum atomic E-state index is 13.4. The van der Waals surface area contributed by atoms with Gasteiger partial charge in [0.15, 0.2) is 0 Å². The molecule has 4 heteroatoms. The van der Waals surface area contributed by atoms with Crippen LogP contribution in [0.2, 0.25) is 0 Å². The molecule has 25 heavy (non-hydrogen) atoms. The summed E-state index contributed by atoms with van der Waals surface area (Å²) in [5.74, 6) is 0.0483. The Morgan fingerprint density at radius 2 is 1.68 bits per heavy atom. The van der Waals surface area contributed by atoms with Crippen molar-refractivity contribution in [1.82, 2.24) is 0 Å². The van der Waals surface area contributed by atoms with Gasteiger partial charge in [-0.05, 0) is 55.0 Å². The number of anilines is 2. The Kier molecular flexibility index (Phi) is 4.04. The minimum Gasteiger partial charge on any atom is -0.313 e. The maximum absolute atomic E-state index is 13.4. The van der Waals surface area contributed by atoms with E-state index >= 15 is 0 Å². The number of benzene rings is 2. The molecule has 0 saturated carbocycles. The quantitative estimate of drug-likeness (QED) is 0.800. The lowest BCUT2D eigenvalue weighted by Crippen LogP contribution is -2.33. The van der Waals surface area contributed by atoms with Gasteiger partial charge in [0.1, 0.15) is 0 Å². The fourth-order valence-corrected chi connectivity index (χ4v) is 3.94. The largest absolute Gasteiger partial charge is 0.313 e. The molecule has 1 aliphatic carbocycles. The molecule has 0 unspecified atom stereocenters. The first kappa shape index (κ1) is 15.9. The first-order chi connectivity index (χ1) is 12.2. The normalized spacial score (nSPS) is 16.9. The molecule has 1 aliphatic heterocycles. The number of nitrogens with zero attached hydrogens (tertiary/aromatic N) is 2. The lowest BCUT2D eigenvalue weighted by molar-refractivity contribution is -0.118. The van der Waals surface area contributed by atoms with E-state index < -0.39 is 0 Å². The van der Waals surface area contributed by atoms with Gasteiger partial charge < -0.3 is 9.80 Å². The summed E-state index contributed by atoms with van der Waals surface area (Å²) in [4.78, 5) is 29.1. The van der Waals surface area contributed by atoms with Crippen LogP contribution in [0.15, 0.2) is 42.5 Å². The smallest absolute Gasteiger partial charge is 0.258 e. The van der Waals surface area contributed by atoms with E-state index in [1.165, 1.54) is 17.5 Å². The summed E-state index contributed by atoms with van der Waals surface area (Å²) in [7, 11) is 1.78. The minimum absolute atomic E-state index is 0.00861. The average Bonchev–Trinajstić information content (AvgIpc) is 2.78. The molecule has 2 amide bonds. The minimum atomic E-state index is 0.00861. The van der Waals surface area contributed by atoms with E-state index in [1.807, 2.05) is 36.4 Å². The Morgan fingerprint density at radius 1 is 0.920 bits per heavy atom. The van der Waals surface area contributed by atoms with Crippen LogP contribution in [0.3, 0.4) is 0 Å². The Morgan fingerprint density at radius 3 is 2.52 bits per heavy atom. The van der Waals surface area contributed by atoms with Crippen LogP contribution in [0.4, 0.5) is 11.4 Å². The van der Waals surface area contributed by atoms with Crippen LogP contribution in [-0.2, 0) is 17.6 Å². The SMILES string of the molecule is CN1C(=O)CCN(C(=O)c2cccc3c2CCCC3)c2ccccc21. The number of rotatable bonds is 1. The molecule has 4 nitrogen and oxygen atoms in total. The molecule has 128 valence electrons. The summed E-state index contributed by atoms with van der Waals surface area (Å²) in [6, 6.07) is 13.7. The molecule has 0 atom stereocenters. The molecule has 0 spiro atoms. The molecule has 2 aliphatic rings. The topological polar surface area (TPSA) is 40.6 Å². The molecule has 0 aromatic heterocycles. The number of aryl methyl sites for hydroxylation is 1. The van der Waals surface area contributed by atoms with E-state index in [9.17, 15) is 9.59 Å². The van der Waals surface area contributed by atoms with Crippen molar-refractivity contribution in [2.45, 2.75) is 32.1 Å². The van der Waals surface area contributed by atoms with Crippen molar-refractivity contribution in [2.75, 3.05) is 23.4 Å². The van der Waals surface area contributed by atoms with Crippen LogP contribution in [0, 0.1) is 0 Å². The van der Waals surface area contributed by atoms with Crippen molar-refractivity contribution in [3.8, 4) is 0 Å². The maximum Gasteiger partial charge on any atom is 0.258 e. The molecule has 0 fully saturated rings.